The molecule has 2 heterocycles. The van der Waals surface area contributed by atoms with Gasteiger partial charge >= 0.3 is 6.09 Å². The van der Waals surface area contributed by atoms with Crippen molar-refractivity contribution in [2.45, 2.75) is 51.4 Å². The summed E-state index contributed by atoms with van der Waals surface area (Å²) in [6.45, 7) is 6.85. The molecule has 1 spiro atoms. The standard InChI is InChI=1S/C22H31N3O6/c1-21(2,3)30-20(27)25-10-8-22(9-11-25)13-16(24-31-22)19(26)23-14-15-6-7-17(28-4)18(12-15)29-5/h6-7,12-13,24H,8-11,14H2,1-5H3,(H,23,26). The summed E-state index contributed by atoms with van der Waals surface area (Å²) in [6.07, 6.45) is 2.63. The SMILES string of the molecule is COc1ccc(CNC(=O)C2=CC3(CCN(C(=O)OC(C)(C)C)CC3)ON2)cc1OC. The fourth-order valence-electron chi connectivity index (χ4n) is 3.50. The van der Waals surface area contributed by atoms with Crippen molar-refractivity contribution in [3.8, 4) is 11.5 Å². The van der Waals surface area contributed by atoms with Crippen LogP contribution in [0.25, 0.3) is 0 Å². The molecule has 0 aromatic heterocycles. The number of likely N-dealkylation sites (tertiary alicyclic amines) is 1. The number of piperidine rings is 1. The van der Waals surface area contributed by atoms with Gasteiger partial charge in [-0.3, -0.25) is 15.1 Å². The zero-order valence-corrected chi connectivity index (χ0v) is 18.7. The lowest BCUT2D eigenvalue weighted by Crippen LogP contribution is -2.48. The van der Waals surface area contributed by atoms with Gasteiger partial charge in [-0.1, -0.05) is 6.07 Å². The minimum atomic E-state index is -0.603. The molecule has 9 nitrogen and oxygen atoms in total. The third-order valence-electron chi connectivity index (χ3n) is 5.18. The predicted molar refractivity (Wildman–Crippen MR) is 113 cm³/mol. The molecule has 1 saturated heterocycles. The summed E-state index contributed by atoms with van der Waals surface area (Å²) >= 11 is 0. The van der Waals surface area contributed by atoms with E-state index in [0.29, 0.717) is 49.7 Å². The molecule has 2 N–H and O–H groups in total. The second-order valence-corrected chi connectivity index (χ2v) is 8.67. The van der Waals surface area contributed by atoms with Gasteiger partial charge in [0.2, 0.25) is 0 Å². The molecule has 31 heavy (non-hydrogen) atoms. The van der Waals surface area contributed by atoms with Gasteiger partial charge in [0.25, 0.3) is 5.91 Å². The average Bonchev–Trinajstić information content (AvgIpc) is 3.14. The van der Waals surface area contributed by atoms with E-state index in [2.05, 4.69) is 10.8 Å². The highest BCUT2D eigenvalue weighted by atomic mass is 16.7. The van der Waals surface area contributed by atoms with Gasteiger partial charge in [-0.25, -0.2) is 4.79 Å². The van der Waals surface area contributed by atoms with E-state index in [1.54, 1.807) is 25.2 Å². The van der Waals surface area contributed by atoms with Crippen molar-refractivity contribution in [2.24, 2.45) is 0 Å². The molecule has 0 atom stereocenters. The second-order valence-electron chi connectivity index (χ2n) is 8.67. The number of hydroxylamine groups is 1. The number of benzene rings is 1. The molecule has 2 aliphatic rings. The number of nitrogens with one attached hydrogen (secondary N) is 2. The van der Waals surface area contributed by atoms with Gasteiger partial charge in [0.15, 0.2) is 11.5 Å². The number of amides is 2. The zero-order chi connectivity index (χ0) is 22.6. The lowest BCUT2D eigenvalue weighted by Gasteiger charge is -2.37. The van der Waals surface area contributed by atoms with Gasteiger partial charge in [-0.15, -0.1) is 0 Å². The van der Waals surface area contributed by atoms with Crippen LogP contribution >= 0.6 is 0 Å². The van der Waals surface area contributed by atoms with Crippen LogP contribution in [0.1, 0.15) is 39.2 Å². The van der Waals surface area contributed by atoms with Crippen molar-refractivity contribution in [3.63, 3.8) is 0 Å². The van der Waals surface area contributed by atoms with E-state index in [-0.39, 0.29) is 12.0 Å². The van der Waals surface area contributed by atoms with Crippen molar-refractivity contribution in [3.05, 3.63) is 35.5 Å². The van der Waals surface area contributed by atoms with Crippen LogP contribution in [0.15, 0.2) is 30.0 Å². The molecule has 170 valence electrons. The monoisotopic (exact) mass is 433 g/mol. The fraction of sp³-hybridized carbons (Fsp3) is 0.545. The van der Waals surface area contributed by atoms with Gasteiger partial charge < -0.3 is 24.4 Å². The molecule has 2 amide bonds. The van der Waals surface area contributed by atoms with E-state index in [0.717, 1.165) is 5.56 Å². The Kier molecular flexibility index (Phi) is 6.64. The molecule has 3 rings (SSSR count). The van der Waals surface area contributed by atoms with Gasteiger partial charge in [-0.05, 0) is 44.5 Å². The zero-order valence-electron chi connectivity index (χ0n) is 18.7. The highest BCUT2D eigenvalue weighted by Crippen LogP contribution is 2.32. The number of hydrogen-bond donors (Lipinski definition) is 2. The Balaban J connectivity index is 1.54. The maximum absolute atomic E-state index is 12.6. The summed E-state index contributed by atoms with van der Waals surface area (Å²) in [5, 5.41) is 2.87. The average molecular weight is 434 g/mol. The molecule has 0 unspecified atom stereocenters. The van der Waals surface area contributed by atoms with E-state index in [1.807, 2.05) is 39.0 Å². The van der Waals surface area contributed by atoms with Crippen molar-refractivity contribution in [1.82, 2.24) is 15.7 Å². The summed E-state index contributed by atoms with van der Waals surface area (Å²) < 4.78 is 15.9. The first-order valence-corrected chi connectivity index (χ1v) is 10.3. The van der Waals surface area contributed by atoms with E-state index in [1.165, 1.54) is 0 Å². The first kappa shape index (κ1) is 22.7. The topological polar surface area (TPSA) is 98.4 Å². The van der Waals surface area contributed by atoms with Gasteiger partial charge in [0, 0.05) is 32.5 Å². The van der Waals surface area contributed by atoms with Crippen molar-refractivity contribution in [1.29, 1.82) is 0 Å². The number of ether oxygens (including phenoxy) is 3. The molecule has 1 aromatic carbocycles. The lowest BCUT2D eigenvalue weighted by molar-refractivity contribution is -0.120. The van der Waals surface area contributed by atoms with Crippen LogP contribution in [0.2, 0.25) is 0 Å². The Morgan fingerprint density at radius 1 is 1.16 bits per heavy atom. The number of carbonyl (C=O) groups is 2. The highest BCUT2D eigenvalue weighted by molar-refractivity contribution is 5.93. The normalized spacial score (nSPS) is 17.6. The minimum Gasteiger partial charge on any atom is -0.493 e. The van der Waals surface area contributed by atoms with Crippen LogP contribution in [0.5, 0.6) is 11.5 Å². The number of rotatable bonds is 5. The summed E-state index contributed by atoms with van der Waals surface area (Å²) in [6, 6.07) is 5.48. The van der Waals surface area contributed by atoms with Crippen LogP contribution in [-0.4, -0.2) is 55.4 Å². The first-order valence-electron chi connectivity index (χ1n) is 10.3. The lowest BCUT2D eigenvalue weighted by atomic mass is 9.91. The number of hydrogen-bond acceptors (Lipinski definition) is 7. The smallest absolute Gasteiger partial charge is 0.410 e. The van der Waals surface area contributed by atoms with Gasteiger partial charge in [0.05, 0.1) is 14.2 Å². The molecular weight excluding hydrogens is 402 g/mol. The molecule has 9 heteroatoms. The molecule has 1 fully saturated rings. The van der Waals surface area contributed by atoms with E-state index < -0.39 is 11.2 Å². The van der Waals surface area contributed by atoms with Crippen molar-refractivity contribution < 1.29 is 28.6 Å². The molecule has 0 aliphatic carbocycles. The maximum atomic E-state index is 12.6. The Labute approximate surface area is 182 Å². The molecule has 0 bridgehead atoms. The number of carbonyl (C=O) groups excluding carboxylic acids is 2. The minimum absolute atomic E-state index is 0.263. The molecular formula is C22H31N3O6. The molecule has 0 saturated carbocycles. The quantitative estimate of drug-likeness (QED) is 0.736. The third kappa shape index (κ3) is 5.61. The predicted octanol–water partition coefficient (Wildman–Crippen LogP) is 2.51. The Hall–Kier alpha value is -2.94. The molecule has 2 aliphatic heterocycles. The maximum Gasteiger partial charge on any atom is 0.410 e. The Morgan fingerprint density at radius 2 is 1.84 bits per heavy atom. The summed E-state index contributed by atoms with van der Waals surface area (Å²) in [5.41, 5.74) is 2.86. The summed E-state index contributed by atoms with van der Waals surface area (Å²) in [7, 11) is 3.14. The number of methoxy groups -OCH3 is 2. The van der Waals surface area contributed by atoms with Crippen LogP contribution in [-0.2, 0) is 20.9 Å². The van der Waals surface area contributed by atoms with Gasteiger partial charge in [-0.2, -0.15) is 0 Å². The Morgan fingerprint density at radius 3 is 2.45 bits per heavy atom. The fourth-order valence-corrected chi connectivity index (χ4v) is 3.50. The molecule has 0 radical (unpaired) electrons. The van der Waals surface area contributed by atoms with Crippen LogP contribution in [0.4, 0.5) is 4.79 Å². The summed E-state index contributed by atoms with van der Waals surface area (Å²) in [5.74, 6) is 0.971. The van der Waals surface area contributed by atoms with Gasteiger partial charge in [0.1, 0.15) is 16.9 Å². The largest absolute Gasteiger partial charge is 0.493 e. The van der Waals surface area contributed by atoms with Crippen LogP contribution < -0.4 is 20.3 Å². The van der Waals surface area contributed by atoms with Crippen LogP contribution in [0, 0.1) is 0 Å². The van der Waals surface area contributed by atoms with E-state index in [4.69, 9.17) is 19.0 Å². The van der Waals surface area contributed by atoms with Crippen LogP contribution in [0.3, 0.4) is 0 Å². The third-order valence-corrected chi connectivity index (χ3v) is 5.18. The van der Waals surface area contributed by atoms with E-state index >= 15 is 0 Å². The number of nitrogens with zero attached hydrogens (tertiary/aromatic N) is 1. The second kappa shape index (κ2) is 9.05. The summed E-state index contributed by atoms with van der Waals surface area (Å²) in [4.78, 5) is 32.2. The Bertz CT molecular complexity index is 853. The van der Waals surface area contributed by atoms with Crippen molar-refractivity contribution in [2.75, 3.05) is 27.3 Å². The van der Waals surface area contributed by atoms with Crippen molar-refractivity contribution >= 4 is 12.0 Å². The first-order chi connectivity index (χ1) is 14.6. The van der Waals surface area contributed by atoms with E-state index in [9.17, 15) is 9.59 Å². The molecule has 1 aromatic rings. The highest BCUT2D eigenvalue weighted by Gasteiger charge is 2.41.